The fourth-order valence-electron chi connectivity index (χ4n) is 1.74. The molecule has 0 bridgehead atoms. The van der Waals surface area contributed by atoms with Crippen LogP contribution in [-0.2, 0) is 0 Å². The van der Waals surface area contributed by atoms with Gasteiger partial charge in [-0.15, -0.1) is 0 Å². The Morgan fingerprint density at radius 3 is 2.94 bits per heavy atom. The molecule has 6 heteroatoms. The molecule has 1 N–H and O–H groups in total. The van der Waals surface area contributed by atoms with Crippen molar-refractivity contribution in [1.29, 1.82) is 0 Å². The number of benzene rings is 1. The van der Waals surface area contributed by atoms with Gasteiger partial charge in [-0.1, -0.05) is 11.6 Å². The van der Waals surface area contributed by atoms with Gasteiger partial charge in [0.25, 0.3) is 0 Å². The van der Waals surface area contributed by atoms with Gasteiger partial charge in [0, 0.05) is 11.4 Å². The van der Waals surface area contributed by atoms with E-state index < -0.39 is 5.82 Å². The van der Waals surface area contributed by atoms with Crippen LogP contribution in [0.15, 0.2) is 29.0 Å². The van der Waals surface area contributed by atoms with Crippen molar-refractivity contribution in [2.24, 2.45) is 0 Å². The van der Waals surface area contributed by atoms with E-state index in [9.17, 15) is 4.39 Å². The molecule has 17 heavy (non-hydrogen) atoms. The first-order valence-electron chi connectivity index (χ1n) is 4.79. The number of fused-ring (bicyclic) bond motifs is 1. The van der Waals surface area contributed by atoms with E-state index in [4.69, 9.17) is 23.8 Å². The monoisotopic (exact) mass is 284 g/mol. The van der Waals surface area contributed by atoms with Crippen molar-refractivity contribution in [2.45, 2.75) is 0 Å². The van der Waals surface area contributed by atoms with Gasteiger partial charge >= 0.3 is 0 Å². The molecule has 0 aliphatic rings. The lowest BCUT2D eigenvalue weighted by atomic mass is 10.3. The maximum absolute atomic E-state index is 13.5. The van der Waals surface area contributed by atoms with Crippen molar-refractivity contribution in [1.82, 2.24) is 9.55 Å². The molecule has 1 aromatic carbocycles. The zero-order valence-corrected chi connectivity index (χ0v) is 10.8. The first-order chi connectivity index (χ1) is 8.16. The van der Waals surface area contributed by atoms with Crippen LogP contribution in [0.5, 0.6) is 0 Å². The van der Waals surface area contributed by atoms with E-state index in [0.29, 0.717) is 10.3 Å². The van der Waals surface area contributed by atoms with Crippen LogP contribution >= 0.6 is 35.2 Å². The number of aromatic amines is 1. The summed E-state index contributed by atoms with van der Waals surface area (Å²) in [7, 11) is 0. The summed E-state index contributed by atoms with van der Waals surface area (Å²) in [5, 5.41) is 3.99. The summed E-state index contributed by atoms with van der Waals surface area (Å²) in [6, 6.07) is 4.87. The van der Waals surface area contributed by atoms with E-state index in [1.54, 1.807) is 22.0 Å². The van der Waals surface area contributed by atoms with Crippen LogP contribution in [0.25, 0.3) is 16.7 Å². The van der Waals surface area contributed by atoms with E-state index >= 15 is 0 Å². The highest BCUT2D eigenvalue weighted by atomic mass is 35.5. The van der Waals surface area contributed by atoms with E-state index in [2.05, 4.69) is 4.98 Å². The van der Waals surface area contributed by atoms with Crippen molar-refractivity contribution in [3.8, 4) is 5.69 Å². The Labute approximate surface area is 110 Å². The fourth-order valence-corrected chi connectivity index (χ4v) is 2.84. The molecule has 3 aromatic rings. The molecule has 0 saturated heterocycles. The number of aromatic nitrogens is 2. The Balaban J connectivity index is 2.43. The zero-order chi connectivity index (χ0) is 12.0. The van der Waals surface area contributed by atoms with Gasteiger partial charge in [0.1, 0.15) is 5.82 Å². The summed E-state index contributed by atoms with van der Waals surface area (Å²) in [5.41, 5.74) is 2.34. The van der Waals surface area contributed by atoms with Crippen LogP contribution in [0.4, 0.5) is 4.39 Å². The smallest absolute Gasteiger partial charge is 0.182 e. The minimum absolute atomic E-state index is 0.0891. The Kier molecular flexibility index (Phi) is 2.54. The Bertz CT molecular complexity index is 743. The van der Waals surface area contributed by atoms with Crippen LogP contribution in [0.2, 0.25) is 5.02 Å². The number of hydrogen-bond donors (Lipinski definition) is 1. The number of rotatable bonds is 1. The second-order valence-corrected chi connectivity index (χ2v) is 5.10. The fraction of sp³-hybridized carbons (Fsp3) is 0. The number of imidazole rings is 1. The number of nitrogens with one attached hydrogen (secondary N) is 1. The SMILES string of the molecule is Fc1cc2c(cc1Cl)[nH]c(=S)n2-c1ccsc1. The molecule has 3 rings (SSSR count). The van der Waals surface area contributed by atoms with Crippen LogP contribution in [0, 0.1) is 10.6 Å². The molecule has 2 nitrogen and oxygen atoms in total. The van der Waals surface area contributed by atoms with Crippen molar-refractivity contribution in [2.75, 3.05) is 0 Å². The third-order valence-corrected chi connectivity index (χ3v) is 3.73. The predicted molar refractivity (Wildman–Crippen MR) is 71.3 cm³/mol. The van der Waals surface area contributed by atoms with Gasteiger partial charge < -0.3 is 4.98 Å². The molecule has 2 aromatic heterocycles. The molecule has 0 spiro atoms. The average molecular weight is 285 g/mol. The molecule has 0 unspecified atom stereocenters. The largest absolute Gasteiger partial charge is 0.330 e. The first kappa shape index (κ1) is 11.0. The minimum atomic E-state index is -0.447. The quantitative estimate of drug-likeness (QED) is 0.651. The Morgan fingerprint density at radius 1 is 1.41 bits per heavy atom. The standard InChI is InChI=1S/C11H6ClFN2S2/c12-7-3-9-10(4-8(7)13)15(11(16)14-9)6-1-2-17-5-6/h1-5H,(H,14,16). The molecule has 0 aliphatic carbocycles. The Morgan fingerprint density at radius 2 is 2.24 bits per heavy atom. The van der Waals surface area contributed by atoms with Crippen molar-refractivity contribution in [3.05, 3.63) is 44.6 Å². The zero-order valence-electron chi connectivity index (χ0n) is 8.41. The molecule has 0 atom stereocenters. The maximum atomic E-state index is 13.5. The number of nitrogens with zero attached hydrogens (tertiary/aromatic N) is 1. The number of H-pyrrole nitrogens is 1. The average Bonchev–Trinajstić information content (AvgIpc) is 2.86. The number of hydrogen-bond acceptors (Lipinski definition) is 2. The minimum Gasteiger partial charge on any atom is -0.330 e. The topological polar surface area (TPSA) is 20.7 Å². The highest BCUT2D eigenvalue weighted by Crippen LogP contribution is 2.25. The third-order valence-electron chi connectivity index (χ3n) is 2.49. The van der Waals surface area contributed by atoms with Gasteiger partial charge in [-0.05, 0) is 29.7 Å². The molecule has 86 valence electrons. The summed E-state index contributed by atoms with van der Waals surface area (Å²) < 4.78 is 15.8. The first-order valence-corrected chi connectivity index (χ1v) is 6.52. The lowest BCUT2D eigenvalue weighted by molar-refractivity contribution is 0.629. The lowest BCUT2D eigenvalue weighted by Crippen LogP contribution is -1.91. The summed E-state index contributed by atoms with van der Waals surface area (Å²) in [6.07, 6.45) is 0. The van der Waals surface area contributed by atoms with E-state index in [1.807, 2.05) is 16.8 Å². The van der Waals surface area contributed by atoms with Crippen LogP contribution in [0.1, 0.15) is 0 Å². The molecule has 0 saturated carbocycles. The molecule has 2 heterocycles. The van der Waals surface area contributed by atoms with Gasteiger partial charge in [-0.2, -0.15) is 11.3 Å². The molecule has 0 fully saturated rings. The Hall–Kier alpha value is -1.17. The van der Waals surface area contributed by atoms with Crippen LogP contribution < -0.4 is 0 Å². The highest BCUT2D eigenvalue weighted by molar-refractivity contribution is 7.71. The molecular formula is C11H6ClFN2S2. The van der Waals surface area contributed by atoms with Crippen molar-refractivity contribution < 1.29 is 4.39 Å². The summed E-state index contributed by atoms with van der Waals surface area (Å²) in [6.45, 7) is 0. The predicted octanol–water partition coefficient (Wildman–Crippen LogP) is 4.54. The van der Waals surface area contributed by atoms with Gasteiger partial charge in [-0.25, -0.2) is 4.39 Å². The van der Waals surface area contributed by atoms with Gasteiger partial charge in [0.2, 0.25) is 0 Å². The van der Waals surface area contributed by atoms with Crippen molar-refractivity contribution >= 4 is 46.2 Å². The van der Waals surface area contributed by atoms with Crippen LogP contribution in [0.3, 0.4) is 0 Å². The highest BCUT2D eigenvalue weighted by Gasteiger charge is 2.10. The van der Waals surface area contributed by atoms with Crippen LogP contribution in [-0.4, -0.2) is 9.55 Å². The number of thiophene rings is 1. The van der Waals surface area contributed by atoms with E-state index in [-0.39, 0.29) is 5.02 Å². The second-order valence-electron chi connectivity index (χ2n) is 3.53. The van der Waals surface area contributed by atoms with Crippen molar-refractivity contribution in [3.63, 3.8) is 0 Å². The third kappa shape index (κ3) is 1.71. The summed E-state index contributed by atoms with van der Waals surface area (Å²) in [4.78, 5) is 3.01. The molecular weight excluding hydrogens is 279 g/mol. The molecule has 0 aliphatic heterocycles. The summed E-state index contributed by atoms with van der Waals surface area (Å²) in [5.74, 6) is -0.447. The van der Waals surface area contributed by atoms with Gasteiger partial charge in [0.05, 0.1) is 21.7 Å². The summed E-state index contributed by atoms with van der Waals surface area (Å²) >= 11 is 12.5. The number of halogens is 2. The molecule has 0 radical (unpaired) electrons. The normalized spacial score (nSPS) is 11.2. The molecule has 0 amide bonds. The van der Waals surface area contributed by atoms with E-state index in [0.717, 1.165) is 11.2 Å². The van der Waals surface area contributed by atoms with E-state index in [1.165, 1.54) is 6.07 Å². The maximum Gasteiger partial charge on any atom is 0.182 e. The second kappa shape index (κ2) is 3.94. The lowest BCUT2D eigenvalue weighted by Gasteiger charge is -2.01. The van der Waals surface area contributed by atoms with Gasteiger partial charge in [0.15, 0.2) is 4.77 Å². The van der Waals surface area contributed by atoms with Gasteiger partial charge in [-0.3, -0.25) is 4.57 Å².